The van der Waals surface area contributed by atoms with Crippen LogP contribution in [0, 0.1) is 0 Å². The Hall–Kier alpha value is -0.340. The van der Waals surface area contributed by atoms with Crippen molar-refractivity contribution in [2.75, 3.05) is 26.3 Å². The second-order valence-electron chi connectivity index (χ2n) is 2.92. The average molecular weight is 155 g/mol. The molecular formula is C9H17NO. The van der Waals surface area contributed by atoms with Gasteiger partial charge in [-0.1, -0.05) is 13.0 Å². The first-order valence-corrected chi connectivity index (χ1v) is 4.31. The van der Waals surface area contributed by atoms with E-state index < -0.39 is 0 Å². The number of morpholine rings is 1. The zero-order chi connectivity index (χ0) is 8.10. The van der Waals surface area contributed by atoms with Crippen LogP contribution in [0.25, 0.3) is 0 Å². The fraction of sp³-hybridized carbons (Fsp3) is 0.778. The molecule has 0 spiro atoms. The van der Waals surface area contributed by atoms with Crippen LogP contribution in [-0.2, 0) is 4.74 Å². The van der Waals surface area contributed by atoms with E-state index in [-0.39, 0.29) is 0 Å². The first-order chi connectivity index (χ1) is 5.38. The first-order valence-electron chi connectivity index (χ1n) is 4.31. The molecule has 0 saturated carbocycles. The van der Waals surface area contributed by atoms with Gasteiger partial charge in [0, 0.05) is 19.1 Å². The Kier molecular flexibility index (Phi) is 3.60. The molecule has 2 nitrogen and oxygen atoms in total. The Bertz CT molecular complexity index is 125. The molecule has 0 amide bonds. The molecular weight excluding hydrogens is 138 g/mol. The number of hydrogen-bond acceptors (Lipinski definition) is 2. The van der Waals surface area contributed by atoms with Gasteiger partial charge >= 0.3 is 0 Å². The van der Waals surface area contributed by atoms with E-state index in [2.05, 4.69) is 18.4 Å². The molecule has 1 heterocycles. The summed E-state index contributed by atoms with van der Waals surface area (Å²) in [6, 6.07) is 0.613. The highest BCUT2D eigenvalue weighted by Crippen LogP contribution is 2.09. The molecule has 0 aromatic rings. The molecule has 1 saturated heterocycles. The zero-order valence-electron chi connectivity index (χ0n) is 7.25. The molecule has 1 aliphatic heterocycles. The molecule has 0 aromatic carbocycles. The van der Waals surface area contributed by atoms with Gasteiger partial charge in [-0.15, -0.1) is 6.58 Å². The highest BCUT2D eigenvalue weighted by Gasteiger charge is 2.19. The summed E-state index contributed by atoms with van der Waals surface area (Å²) in [5, 5.41) is 0. The van der Waals surface area contributed by atoms with Crippen molar-refractivity contribution in [3.63, 3.8) is 0 Å². The second kappa shape index (κ2) is 4.52. The molecule has 64 valence electrons. The number of nitrogens with zero attached hydrogens (tertiary/aromatic N) is 1. The second-order valence-corrected chi connectivity index (χ2v) is 2.92. The molecule has 1 rings (SSSR count). The fourth-order valence-electron chi connectivity index (χ4n) is 1.47. The summed E-state index contributed by atoms with van der Waals surface area (Å²) in [6.07, 6.45) is 3.14. The molecule has 1 fully saturated rings. The molecule has 2 heteroatoms. The third kappa shape index (κ3) is 2.31. The molecule has 1 atom stereocenters. The Labute approximate surface area is 68.8 Å². The minimum absolute atomic E-state index is 0.613. The molecule has 0 aliphatic carbocycles. The fourth-order valence-corrected chi connectivity index (χ4v) is 1.47. The van der Waals surface area contributed by atoms with Crippen molar-refractivity contribution in [1.29, 1.82) is 0 Å². The first kappa shape index (κ1) is 8.75. The maximum atomic E-state index is 5.37. The lowest BCUT2D eigenvalue weighted by atomic mass is 10.2. The van der Waals surface area contributed by atoms with E-state index in [1.165, 1.54) is 6.42 Å². The van der Waals surface area contributed by atoms with E-state index in [4.69, 9.17) is 4.74 Å². The maximum Gasteiger partial charge on any atom is 0.0622 e. The van der Waals surface area contributed by atoms with E-state index in [1.807, 2.05) is 6.08 Å². The minimum Gasteiger partial charge on any atom is -0.378 e. The number of ether oxygens (including phenoxy) is 1. The van der Waals surface area contributed by atoms with Crippen LogP contribution in [0.4, 0.5) is 0 Å². The lowest BCUT2D eigenvalue weighted by molar-refractivity contribution is -0.00271. The Morgan fingerprint density at radius 3 is 3.18 bits per heavy atom. The summed E-state index contributed by atoms with van der Waals surface area (Å²) in [6.45, 7) is 9.78. The summed E-state index contributed by atoms with van der Waals surface area (Å²) < 4.78 is 5.37. The predicted octanol–water partition coefficient (Wildman–Crippen LogP) is 1.28. The van der Waals surface area contributed by atoms with E-state index in [0.717, 1.165) is 26.3 Å². The normalized spacial score (nSPS) is 26.8. The van der Waals surface area contributed by atoms with Crippen molar-refractivity contribution >= 4 is 0 Å². The highest BCUT2D eigenvalue weighted by atomic mass is 16.5. The molecule has 0 N–H and O–H groups in total. The SMILES string of the molecule is C=CCN1CCOCC1CC. The van der Waals surface area contributed by atoms with E-state index in [0.29, 0.717) is 6.04 Å². The highest BCUT2D eigenvalue weighted by molar-refractivity contribution is 4.80. The third-order valence-corrected chi connectivity index (χ3v) is 2.18. The lowest BCUT2D eigenvalue weighted by Gasteiger charge is -2.34. The number of rotatable bonds is 3. The van der Waals surface area contributed by atoms with Crippen molar-refractivity contribution < 1.29 is 4.74 Å². The van der Waals surface area contributed by atoms with Gasteiger partial charge in [0.15, 0.2) is 0 Å². The summed E-state index contributed by atoms with van der Waals surface area (Å²) >= 11 is 0. The molecule has 1 unspecified atom stereocenters. The minimum atomic E-state index is 0.613. The number of hydrogen-bond donors (Lipinski definition) is 0. The molecule has 0 aromatic heterocycles. The summed E-state index contributed by atoms with van der Waals surface area (Å²) in [4.78, 5) is 2.43. The molecule has 0 bridgehead atoms. The van der Waals surface area contributed by atoms with Crippen molar-refractivity contribution in [3.8, 4) is 0 Å². The van der Waals surface area contributed by atoms with E-state index >= 15 is 0 Å². The van der Waals surface area contributed by atoms with Crippen molar-refractivity contribution in [1.82, 2.24) is 4.90 Å². The van der Waals surface area contributed by atoms with Crippen LogP contribution in [0.15, 0.2) is 12.7 Å². The average Bonchev–Trinajstić information content (AvgIpc) is 2.06. The maximum absolute atomic E-state index is 5.37. The summed E-state index contributed by atoms with van der Waals surface area (Å²) in [5.41, 5.74) is 0. The topological polar surface area (TPSA) is 12.5 Å². The predicted molar refractivity (Wildman–Crippen MR) is 46.7 cm³/mol. The van der Waals surface area contributed by atoms with Gasteiger partial charge in [0.1, 0.15) is 0 Å². The monoisotopic (exact) mass is 155 g/mol. The van der Waals surface area contributed by atoms with Crippen molar-refractivity contribution in [3.05, 3.63) is 12.7 Å². The zero-order valence-corrected chi connectivity index (χ0v) is 7.25. The smallest absolute Gasteiger partial charge is 0.0622 e. The van der Waals surface area contributed by atoms with Crippen LogP contribution >= 0.6 is 0 Å². The third-order valence-electron chi connectivity index (χ3n) is 2.18. The van der Waals surface area contributed by atoms with Crippen LogP contribution in [0.2, 0.25) is 0 Å². The van der Waals surface area contributed by atoms with Crippen LogP contribution in [-0.4, -0.2) is 37.2 Å². The van der Waals surface area contributed by atoms with Crippen LogP contribution in [0.5, 0.6) is 0 Å². The molecule has 1 aliphatic rings. The quantitative estimate of drug-likeness (QED) is 0.569. The lowest BCUT2D eigenvalue weighted by Crippen LogP contribution is -2.44. The molecule has 11 heavy (non-hydrogen) atoms. The summed E-state index contributed by atoms with van der Waals surface area (Å²) in [7, 11) is 0. The Morgan fingerprint density at radius 1 is 1.73 bits per heavy atom. The van der Waals surface area contributed by atoms with Gasteiger partial charge in [-0.3, -0.25) is 4.90 Å². The Balaban J connectivity index is 2.37. The Morgan fingerprint density at radius 2 is 2.55 bits per heavy atom. The van der Waals surface area contributed by atoms with Crippen LogP contribution in [0.1, 0.15) is 13.3 Å². The van der Waals surface area contributed by atoms with Gasteiger partial charge in [0.2, 0.25) is 0 Å². The van der Waals surface area contributed by atoms with Gasteiger partial charge in [0.25, 0.3) is 0 Å². The molecule has 0 radical (unpaired) electrons. The van der Waals surface area contributed by atoms with Crippen molar-refractivity contribution in [2.24, 2.45) is 0 Å². The summed E-state index contributed by atoms with van der Waals surface area (Å²) in [5.74, 6) is 0. The van der Waals surface area contributed by atoms with Gasteiger partial charge in [-0.05, 0) is 6.42 Å². The van der Waals surface area contributed by atoms with Crippen LogP contribution < -0.4 is 0 Å². The van der Waals surface area contributed by atoms with Gasteiger partial charge < -0.3 is 4.74 Å². The largest absolute Gasteiger partial charge is 0.378 e. The van der Waals surface area contributed by atoms with E-state index in [1.54, 1.807) is 0 Å². The van der Waals surface area contributed by atoms with E-state index in [9.17, 15) is 0 Å². The van der Waals surface area contributed by atoms with Gasteiger partial charge in [-0.25, -0.2) is 0 Å². The standard InChI is InChI=1S/C9H17NO/c1-3-5-10-6-7-11-8-9(10)4-2/h3,9H,1,4-8H2,2H3. The van der Waals surface area contributed by atoms with Crippen LogP contribution in [0.3, 0.4) is 0 Å². The van der Waals surface area contributed by atoms with Gasteiger partial charge in [0.05, 0.1) is 13.2 Å². The van der Waals surface area contributed by atoms with Gasteiger partial charge in [-0.2, -0.15) is 0 Å². The van der Waals surface area contributed by atoms with Crippen molar-refractivity contribution in [2.45, 2.75) is 19.4 Å².